The van der Waals surface area contributed by atoms with Crippen LogP contribution < -0.4 is 5.48 Å². The Morgan fingerprint density at radius 1 is 0.903 bits per heavy atom. The Hall–Kier alpha value is -4.53. The largest absolute Gasteiger partial charge is 0.345 e. The van der Waals surface area contributed by atoms with Crippen molar-refractivity contribution in [3.05, 3.63) is 73.1 Å². The first-order valence-electron chi connectivity index (χ1n) is 9.22. The van der Waals surface area contributed by atoms with E-state index < -0.39 is 0 Å². The van der Waals surface area contributed by atoms with Crippen LogP contribution in [0.15, 0.2) is 67.3 Å². The molecule has 0 radical (unpaired) electrons. The molecule has 4 heterocycles. The average molecular weight is 412 g/mol. The van der Waals surface area contributed by atoms with Crippen molar-refractivity contribution in [2.45, 2.75) is 0 Å². The highest BCUT2D eigenvalue weighted by molar-refractivity contribution is 6.03. The van der Waals surface area contributed by atoms with Gasteiger partial charge >= 0.3 is 6.47 Å². The van der Waals surface area contributed by atoms with Crippen LogP contribution in [0.25, 0.3) is 44.5 Å². The number of hydrogen-bond donors (Lipinski definition) is 1. The molecule has 5 aromatic rings. The first kappa shape index (κ1) is 18.5. The summed E-state index contributed by atoms with van der Waals surface area (Å²) in [5.41, 5.74) is 5.45. The first-order valence-corrected chi connectivity index (χ1v) is 9.22. The number of carbonyl (C=O) groups is 1. The maximum atomic E-state index is 14.5. The van der Waals surface area contributed by atoms with Gasteiger partial charge in [-0.25, -0.2) is 29.8 Å². The predicted octanol–water partition coefficient (Wildman–Crippen LogP) is 3.94. The number of benzene rings is 1. The fourth-order valence-corrected chi connectivity index (χ4v) is 3.41. The van der Waals surface area contributed by atoms with Gasteiger partial charge in [0.05, 0.1) is 11.4 Å². The summed E-state index contributed by atoms with van der Waals surface area (Å²) < 4.78 is 14.5. The molecule has 0 atom stereocenters. The summed E-state index contributed by atoms with van der Waals surface area (Å²) in [6.45, 7) is 0.263. The second-order valence-corrected chi connectivity index (χ2v) is 6.50. The standard InChI is InChI=1S/C22H13FN6O2/c23-17-6-2-1-4-14(17)18-10-16(13-5-3-8-25-21(13)28-18)20-19-15(7-9-24-20)22(27-11-26-19)29-31-12-30/h1-12H,(H,26,27,29). The van der Waals surface area contributed by atoms with Crippen molar-refractivity contribution in [1.82, 2.24) is 24.9 Å². The summed E-state index contributed by atoms with van der Waals surface area (Å²) in [4.78, 5) is 37.1. The van der Waals surface area contributed by atoms with Crippen LogP contribution in [-0.2, 0) is 9.63 Å². The molecule has 150 valence electrons. The number of aromatic nitrogens is 5. The minimum atomic E-state index is -0.387. The van der Waals surface area contributed by atoms with Gasteiger partial charge in [-0.05, 0) is 36.4 Å². The Kier molecular flexibility index (Phi) is 4.60. The van der Waals surface area contributed by atoms with Crippen LogP contribution in [0.5, 0.6) is 0 Å². The van der Waals surface area contributed by atoms with E-state index >= 15 is 0 Å². The third-order valence-corrected chi connectivity index (χ3v) is 4.75. The fraction of sp³-hybridized carbons (Fsp3) is 0. The summed E-state index contributed by atoms with van der Waals surface area (Å²) in [5.74, 6) is -0.0755. The Labute approximate surface area is 174 Å². The minimum absolute atomic E-state index is 0.263. The highest BCUT2D eigenvalue weighted by Crippen LogP contribution is 2.35. The lowest BCUT2D eigenvalue weighted by molar-refractivity contribution is -0.126. The highest BCUT2D eigenvalue weighted by Gasteiger charge is 2.17. The number of nitrogens with one attached hydrogen (secondary N) is 1. The molecule has 0 amide bonds. The molecule has 0 fully saturated rings. The van der Waals surface area contributed by atoms with Crippen molar-refractivity contribution < 1.29 is 14.0 Å². The third-order valence-electron chi connectivity index (χ3n) is 4.75. The van der Waals surface area contributed by atoms with Crippen LogP contribution >= 0.6 is 0 Å². The second kappa shape index (κ2) is 7.71. The number of pyridine rings is 3. The van der Waals surface area contributed by atoms with Crippen molar-refractivity contribution in [3.8, 4) is 22.5 Å². The summed E-state index contributed by atoms with van der Waals surface area (Å²) in [6.07, 6.45) is 4.56. The van der Waals surface area contributed by atoms with E-state index in [1.807, 2.05) is 6.07 Å². The number of halogens is 1. The number of fused-ring (bicyclic) bond motifs is 2. The molecular weight excluding hydrogens is 399 g/mol. The lowest BCUT2D eigenvalue weighted by Gasteiger charge is -2.12. The molecule has 0 unspecified atom stereocenters. The van der Waals surface area contributed by atoms with Gasteiger partial charge in [0.1, 0.15) is 17.7 Å². The normalized spacial score (nSPS) is 10.9. The van der Waals surface area contributed by atoms with Crippen LogP contribution in [0.3, 0.4) is 0 Å². The van der Waals surface area contributed by atoms with Gasteiger partial charge < -0.3 is 4.84 Å². The number of carbonyl (C=O) groups excluding carboxylic acids is 1. The number of rotatable bonds is 5. The molecule has 9 heteroatoms. The smallest absolute Gasteiger partial charge is 0.320 e. The van der Waals surface area contributed by atoms with Crippen LogP contribution in [0.2, 0.25) is 0 Å². The molecular formula is C22H13FN6O2. The molecule has 0 aliphatic carbocycles. The van der Waals surface area contributed by atoms with Gasteiger partial charge in [0, 0.05) is 34.3 Å². The molecule has 0 aliphatic heterocycles. The van der Waals surface area contributed by atoms with E-state index in [4.69, 9.17) is 0 Å². The maximum Gasteiger partial charge on any atom is 0.320 e. The van der Waals surface area contributed by atoms with Crippen molar-refractivity contribution in [2.24, 2.45) is 0 Å². The topological polar surface area (TPSA) is 103 Å². The van der Waals surface area contributed by atoms with E-state index in [1.54, 1.807) is 48.8 Å². The van der Waals surface area contributed by atoms with E-state index in [0.717, 1.165) is 5.39 Å². The molecule has 0 aliphatic rings. The monoisotopic (exact) mass is 412 g/mol. The molecule has 0 bridgehead atoms. The van der Waals surface area contributed by atoms with Crippen LogP contribution in [0, 0.1) is 5.82 Å². The average Bonchev–Trinajstić information content (AvgIpc) is 2.82. The van der Waals surface area contributed by atoms with E-state index in [1.165, 1.54) is 12.4 Å². The molecule has 5 rings (SSSR count). The Bertz CT molecular complexity index is 1440. The Balaban J connectivity index is 1.80. The Morgan fingerprint density at radius 2 is 1.81 bits per heavy atom. The number of nitrogens with zero attached hydrogens (tertiary/aromatic N) is 5. The van der Waals surface area contributed by atoms with E-state index in [-0.39, 0.29) is 12.3 Å². The zero-order chi connectivity index (χ0) is 21.2. The third kappa shape index (κ3) is 3.27. The van der Waals surface area contributed by atoms with Crippen LogP contribution in [-0.4, -0.2) is 31.4 Å². The lowest BCUT2D eigenvalue weighted by atomic mass is 10.0. The van der Waals surface area contributed by atoms with E-state index in [0.29, 0.717) is 44.9 Å². The molecule has 0 saturated carbocycles. The van der Waals surface area contributed by atoms with Gasteiger partial charge in [0.2, 0.25) is 0 Å². The van der Waals surface area contributed by atoms with Crippen molar-refractivity contribution in [1.29, 1.82) is 0 Å². The number of hydrogen-bond acceptors (Lipinski definition) is 8. The summed E-state index contributed by atoms with van der Waals surface area (Å²) in [7, 11) is 0. The number of anilines is 1. The zero-order valence-electron chi connectivity index (χ0n) is 15.9. The molecule has 4 aromatic heterocycles. The van der Waals surface area contributed by atoms with Crippen molar-refractivity contribution in [2.75, 3.05) is 5.48 Å². The van der Waals surface area contributed by atoms with Crippen molar-refractivity contribution in [3.63, 3.8) is 0 Å². The molecule has 8 nitrogen and oxygen atoms in total. The van der Waals surface area contributed by atoms with Gasteiger partial charge in [-0.15, -0.1) is 0 Å². The lowest BCUT2D eigenvalue weighted by Crippen LogP contribution is -2.03. The SMILES string of the molecule is O=CONc1ncnc2c(-c3cc(-c4ccccc4F)nc4ncccc34)nccc12. The van der Waals surface area contributed by atoms with E-state index in [9.17, 15) is 9.18 Å². The van der Waals surface area contributed by atoms with Gasteiger partial charge in [-0.2, -0.15) is 0 Å². The first-order chi connectivity index (χ1) is 15.3. The minimum Gasteiger partial charge on any atom is -0.345 e. The maximum absolute atomic E-state index is 14.5. The highest BCUT2D eigenvalue weighted by atomic mass is 19.1. The molecule has 31 heavy (non-hydrogen) atoms. The predicted molar refractivity (Wildman–Crippen MR) is 112 cm³/mol. The molecule has 1 N–H and O–H groups in total. The fourth-order valence-electron chi connectivity index (χ4n) is 3.41. The summed E-state index contributed by atoms with van der Waals surface area (Å²) in [6, 6.07) is 13.5. The molecule has 1 aromatic carbocycles. The quantitative estimate of drug-likeness (QED) is 0.342. The van der Waals surface area contributed by atoms with Crippen LogP contribution in [0.4, 0.5) is 10.2 Å². The zero-order valence-corrected chi connectivity index (χ0v) is 15.9. The molecule has 0 saturated heterocycles. The van der Waals surface area contributed by atoms with Crippen LogP contribution in [0.1, 0.15) is 0 Å². The van der Waals surface area contributed by atoms with Crippen molar-refractivity contribution >= 4 is 34.2 Å². The Morgan fingerprint density at radius 3 is 2.68 bits per heavy atom. The molecule has 0 spiro atoms. The van der Waals surface area contributed by atoms with Gasteiger partial charge in [0.25, 0.3) is 0 Å². The summed E-state index contributed by atoms with van der Waals surface area (Å²) in [5, 5.41) is 1.33. The van der Waals surface area contributed by atoms with Gasteiger partial charge in [-0.1, -0.05) is 12.1 Å². The second-order valence-electron chi connectivity index (χ2n) is 6.50. The van der Waals surface area contributed by atoms with E-state index in [2.05, 4.69) is 35.2 Å². The van der Waals surface area contributed by atoms with Gasteiger partial charge in [0.15, 0.2) is 11.5 Å². The van der Waals surface area contributed by atoms with Gasteiger partial charge in [-0.3, -0.25) is 9.78 Å². The summed E-state index contributed by atoms with van der Waals surface area (Å²) >= 11 is 0.